The molecule has 1 aromatic heterocycles. The van der Waals surface area contributed by atoms with Gasteiger partial charge in [0.15, 0.2) is 0 Å². The van der Waals surface area contributed by atoms with Gasteiger partial charge in [-0.2, -0.15) is 0 Å². The smallest absolute Gasteiger partial charge is 0.316 e. The number of nitrogens with zero attached hydrogens (tertiary/aromatic N) is 2. The number of ether oxygens (including phenoxy) is 1. The van der Waals surface area contributed by atoms with Crippen molar-refractivity contribution in [3.63, 3.8) is 0 Å². The fraction of sp³-hybridized carbons (Fsp3) is 0.269. The van der Waals surface area contributed by atoms with Gasteiger partial charge in [0.05, 0.1) is 17.6 Å². The number of rotatable bonds is 7. The summed E-state index contributed by atoms with van der Waals surface area (Å²) in [6, 6.07) is 17.0. The molecule has 0 saturated carbocycles. The number of hydrogen-bond acceptors (Lipinski definition) is 4. The zero-order valence-electron chi connectivity index (χ0n) is 19.1. The summed E-state index contributed by atoms with van der Waals surface area (Å²) in [7, 11) is 1.74. The Morgan fingerprint density at radius 2 is 1.85 bits per heavy atom. The van der Waals surface area contributed by atoms with E-state index < -0.39 is 11.1 Å². The zero-order valence-corrected chi connectivity index (χ0v) is 19.1. The molecule has 4 aromatic rings. The second kappa shape index (κ2) is 9.32. The van der Waals surface area contributed by atoms with E-state index in [0.29, 0.717) is 36.3 Å². The third kappa shape index (κ3) is 4.26. The minimum atomic E-state index is -0.698. The van der Waals surface area contributed by atoms with Crippen LogP contribution in [-0.4, -0.2) is 34.0 Å². The zero-order chi connectivity index (χ0) is 23.5. The lowest BCUT2D eigenvalue weighted by molar-refractivity contribution is 0.0784. The van der Waals surface area contributed by atoms with Crippen LogP contribution in [0, 0.1) is 0 Å². The topological polar surface area (TPSA) is 84.4 Å². The van der Waals surface area contributed by atoms with Crippen LogP contribution in [0.25, 0.3) is 21.8 Å². The molecule has 1 heterocycles. The van der Waals surface area contributed by atoms with Crippen LogP contribution in [0.3, 0.4) is 0 Å². The second-order valence-electron chi connectivity index (χ2n) is 8.01. The third-order valence-corrected chi connectivity index (χ3v) is 5.74. The number of benzene rings is 3. The van der Waals surface area contributed by atoms with E-state index in [1.807, 2.05) is 36.4 Å². The van der Waals surface area contributed by atoms with Gasteiger partial charge < -0.3 is 19.2 Å². The maximum atomic E-state index is 13.3. The average Bonchev–Trinajstić information content (AvgIpc) is 2.83. The third-order valence-electron chi connectivity index (χ3n) is 5.74. The van der Waals surface area contributed by atoms with E-state index in [0.717, 1.165) is 28.5 Å². The van der Waals surface area contributed by atoms with Crippen LogP contribution in [0.1, 0.15) is 36.2 Å². The maximum absolute atomic E-state index is 13.3. The second-order valence-corrected chi connectivity index (χ2v) is 8.01. The van der Waals surface area contributed by atoms with Crippen LogP contribution in [0.5, 0.6) is 5.75 Å². The van der Waals surface area contributed by atoms with E-state index in [1.54, 1.807) is 37.1 Å². The molecule has 0 radical (unpaired) electrons. The molecule has 1 amide bonds. The van der Waals surface area contributed by atoms with Gasteiger partial charge in [0.2, 0.25) is 0 Å². The number of carbonyl (C=O) groups excluding carboxylic acids is 1. The van der Waals surface area contributed by atoms with Crippen LogP contribution in [0.2, 0.25) is 0 Å². The first-order valence-electron chi connectivity index (χ1n) is 11.1. The molecule has 0 aliphatic carbocycles. The molecule has 3 aromatic carbocycles. The molecule has 0 atom stereocenters. The molecular weight excluding hydrogens is 418 g/mol. The van der Waals surface area contributed by atoms with E-state index in [4.69, 9.17) is 4.74 Å². The molecule has 0 spiro atoms. The Labute approximate surface area is 191 Å². The van der Waals surface area contributed by atoms with E-state index in [2.05, 4.69) is 11.9 Å². The molecule has 170 valence electrons. The van der Waals surface area contributed by atoms with Crippen LogP contribution in [0.15, 0.2) is 64.2 Å². The average molecular weight is 446 g/mol. The summed E-state index contributed by atoms with van der Waals surface area (Å²) in [4.78, 5) is 41.6. The molecule has 0 fully saturated rings. The number of nitrogens with one attached hydrogen (secondary N) is 1. The number of amides is 1. The number of hydrogen-bond donors (Lipinski definition) is 1. The lowest BCUT2D eigenvalue weighted by Crippen LogP contribution is -2.36. The first-order chi connectivity index (χ1) is 15.9. The number of aryl methyl sites for hydroxylation is 1. The van der Waals surface area contributed by atoms with E-state index in [9.17, 15) is 14.4 Å². The Morgan fingerprint density at radius 1 is 1.06 bits per heavy atom. The van der Waals surface area contributed by atoms with Crippen molar-refractivity contribution in [2.24, 2.45) is 0 Å². The van der Waals surface area contributed by atoms with Gasteiger partial charge in [-0.05, 0) is 48.4 Å². The van der Waals surface area contributed by atoms with Crippen molar-refractivity contribution < 1.29 is 9.53 Å². The SMILES string of the molecule is CCCOc1ccc2ccccc2c1CN(C)C(=O)c1ccc2c(c1)[nH]c(=O)c(=O)n2CC. The summed E-state index contributed by atoms with van der Waals surface area (Å²) in [6.07, 6.45) is 0.888. The molecule has 4 rings (SSSR count). The normalized spacial score (nSPS) is 11.1. The standard InChI is InChI=1S/C26H27N3O4/c1-4-14-33-23-13-11-17-8-6-7-9-19(17)20(23)16-28(3)25(31)18-10-12-22-21(15-18)27-24(30)26(32)29(22)5-2/h6-13,15H,4-5,14,16H2,1-3H3,(H,27,30). The fourth-order valence-corrected chi connectivity index (χ4v) is 4.08. The first-order valence-corrected chi connectivity index (χ1v) is 11.1. The molecule has 0 saturated heterocycles. The minimum absolute atomic E-state index is 0.193. The van der Waals surface area contributed by atoms with Gasteiger partial charge in [0.1, 0.15) is 5.75 Å². The monoisotopic (exact) mass is 445 g/mol. The van der Waals surface area contributed by atoms with E-state index in [-0.39, 0.29) is 5.91 Å². The van der Waals surface area contributed by atoms with Crippen molar-refractivity contribution in [1.82, 2.24) is 14.5 Å². The Bertz CT molecular complexity index is 1450. The molecule has 0 bridgehead atoms. The Morgan fingerprint density at radius 3 is 2.61 bits per heavy atom. The molecule has 1 N–H and O–H groups in total. The number of fused-ring (bicyclic) bond motifs is 2. The molecule has 7 heteroatoms. The number of carbonyl (C=O) groups is 1. The fourth-order valence-electron chi connectivity index (χ4n) is 4.08. The van der Waals surface area contributed by atoms with E-state index in [1.165, 1.54) is 4.57 Å². The highest BCUT2D eigenvalue weighted by molar-refractivity contribution is 5.97. The lowest BCUT2D eigenvalue weighted by Gasteiger charge is -2.21. The summed E-state index contributed by atoms with van der Waals surface area (Å²) in [5.41, 5.74) is 1.13. The predicted molar refractivity (Wildman–Crippen MR) is 130 cm³/mol. The highest BCUT2D eigenvalue weighted by Gasteiger charge is 2.18. The first kappa shape index (κ1) is 22.3. The van der Waals surface area contributed by atoms with Crippen molar-refractivity contribution in [3.8, 4) is 5.75 Å². The largest absolute Gasteiger partial charge is 0.493 e. The van der Waals surface area contributed by atoms with Gasteiger partial charge in [-0.15, -0.1) is 0 Å². The maximum Gasteiger partial charge on any atom is 0.316 e. The van der Waals surface area contributed by atoms with Crippen molar-refractivity contribution in [2.45, 2.75) is 33.4 Å². The summed E-state index contributed by atoms with van der Waals surface area (Å²) in [5.74, 6) is 0.575. The van der Waals surface area contributed by atoms with Gasteiger partial charge in [-0.1, -0.05) is 37.3 Å². The van der Waals surface area contributed by atoms with Crippen LogP contribution in [0.4, 0.5) is 0 Å². The molecule has 0 unspecified atom stereocenters. The van der Waals surface area contributed by atoms with Gasteiger partial charge >= 0.3 is 11.1 Å². The quantitative estimate of drug-likeness (QED) is 0.437. The summed E-state index contributed by atoms with van der Waals surface area (Å²) in [6.45, 7) is 5.18. The predicted octanol–water partition coefficient (Wildman–Crippen LogP) is 3.92. The Hall–Kier alpha value is -3.87. The molecule has 0 aliphatic heterocycles. The minimum Gasteiger partial charge on any atom is -0.493 e. The summed E-state index contributed by atoms with van der Waals surface area (Å²) >= 11 is 0. The highest BCUT2D eigenvalue weighted by atomic mass is 16.5. The lowest BCUT2D eigenvalue weighted by atomic mass is 10.0. The van der Waals surface area contributed by atoms with Gasteiger partial charge in [-0.25, -0.2) is 0 Å². The Balaban J connectivity index is 1.70. The number of H-pyrrole nitrogens is 1. The van der Waals surface area contributed by atoms with Crippen molar-refractivity contribution >= 4 is 27.7 Å². The van der Waals surface area contributed by atoms with Crippen molar-refractivity contribution in [2.75, 3.05) is 13.7 Å². The van der Waals surface area contributed by atoms with Gasteiger partial charge in [0.25, 0.3) is 5.91 Å². The van der Waals surface area contributed by atoms with Gasteiger partial charge in [-0.3, -0.25) is 14.4 Å². The van der Waals surface area contributed by atoms with Crippen LogP contribution in [-0.2, 0) is 13.1 Å². The van der Waals surface area contributed by atoms with E-state index >= 15 is 0 Å². The Kier molecular flexibility index (Phi) is 6.31. The molecular formula is C26H27N3O4. The molecule has 33 heavy (non-hydrogen) atoms. The summed E-state index contributed by atoms with van der Waals surface area (Å²) in [5, 5.41) is 2.12. The summed E-state index contributed by atoms with van der Waals surface area (Å²) < 4.78 is 7.38. The molecule has 7 nitrogen and oxygen atoms in total. The van der Waals surface area contributed by atoms with Crippen molar-refractivity contribution in [1.29, 1.82) is 0 Å². The van der Waals surface area contributed by atoms with Crippen LogP contribution < -0.4 is 15.9 Å². The number of aromatic amines is 1. The van der Waals surface area contributed by atoms with Crippen molar-refractivity contribution in [3.05, 3.63) is 86.4 Å². The number of aromatic nitrogens is 2. The van der Waals surface area contributed by atoms with Crippen LogP contribution >= 0.6 is 0 Å². The highest BCUT2D eigenvalue weighted by Crippen LogP contribution is 2.30. The van der Waals surface area contributed by atoms with Gasteiger partial charge in [0, 0.05) is 31.3 Å². The molecule has 0 aliphatic rings.